The highest BCUT2D eigenvalue weighted by Gasteiger charge is 2.05. The van der Waals surface area contributed by atoms with Gasteiger partial charge in [0.25, 0.3) is 0 Å². The number of amides is 1. The van der Waals surface area contributed by atoms with Crippen molar-refractivity contribution in [1.82, 2.24) is 4.98 Å². The van der Waals surface area contributed by atoms with Crippen LogP contribution in [0.15, 0.2) is 10.6 Å². The lowest BCUT2D eigenvalue weighted by Crippen LogP contribution is -2.10. The Kier molecular flexibility index (Phi) is 3.49. The number of aryl methyl sites for hydroxylation is 1. The summed E-state index contributed by atoms with van der Waals surface area (Å²) >= 11 is 0. The number of carbonyl (C=O) groups excluding carboxylic acids is 1. The number of hydrogen-bond donors (Lipinski definition) is 1. The third kappa shape index (κ3) is 2.89. The van der Waals surface area contributed by atoms with Crippen LogP contribution in [0.3, 0.4) is 0 Å². The van der Waals surface area contributed by atoms with Gasteiger partial charge in [-0.1, -0.05) is 13.8 Å². The quantitative estimate of drug-likeness (QED) is 0.774. The zero-order valence-electron chi connectivity index (χ0n) is 7.96. The summed E-state index contributed by atoms with van der Waals surface area (Å²) in [5.74, 6) is 0.735. The van der Waals surface area contributed by atoms with Crippen molar-refractivity contribution in [3.8, 4) is 0 Å². The van der Waals surface area contributed by atoms with Crippen molar-refractivity contribution in [2.24, 2.45) is 0 Å². The third-order valence-corrected chi connectivity index (χ3v) is 1.63. The van der Waals surface area contributed by atoms with E-state index in [0.29, 0.717) is 12.4 Å². The molecule has 0 saturated heterocycles. The Morgan fingerprint density at radius 3 is 2.92 bits per heavy atom. The lowest BCUT2D eigenvalue weighted by atomic mass is 10.3. The molecule has 0 fully saturated rings. The van der Waals surface area contributed by atoms with Crippen LogP contribution < -0.4 is 5.32 Å². The van der Waals surface area contributed by atoms with Crippen LogP contribution in [-0.4, -0.2) is 10.9 Å². The van der Waals surface area contributed by atoms with Crippen molar-refractivity contribution in [3.05, 3.63) is 12.0 Å². The number of nitrogens with one attached hydrogen (secondary N) is 1. The first-order valence-electron chi connectivity index (χ1n) is 4.50. The summed E-state index contributed by atoms with van der Waals surface area (Å²) in [7, 11) is 0. The molecule has 0 saturated carbocycles. The molecule has 0 bridgehead atoms. The summed E-state index contributed by atoms with van der Waals surface area (Å²) in [5.41, 5.74) is 0. The van der Waals surface area contributed by atoms with Gasteiger partial charge in [-0.15, -0.1) is 0 Å². The van der Waals surface area contributed by atoms with Gasteiger partial charge in [-0.25, -0.2) is 4.98 Å². The summed E-state index contributed by atoms with van der Waals surface area (Å²) in [6.45, 7) is 3.92. The molecule has 0 radical (unpaired) electrons. The van der Waals surface area contributed by atoms with E-state index in [4.69, 9.17) is 4.42 Å². The highest BCUT2D eigenvalue weighted by Crippen LogP contribution is 2.09. The van der Waals surface area contributed by atoms with Crippen molar-refractivity contribution < 1.29 is 9.21 Å². The summed E-state index contributed by atoms with van der Waals surface area (Å²) in [4.78, 5) is 15.0. The maximum atomic E-state index is 11.1. The molecule has 1 rings (SSSR count). The number of rotatable bonds is 4. The van der Waals surface area contributed by atoms with Gasteiger partial charge in [0.2, 0.25) is 5.91 Å². The Morgan fingerprint density at radius 2 is 2.38 bits per heavy atom. The van der Waals surface area contributed by atoms with E-state index in [-0.39, 0.29) is 5.91 Å². The smallest absolute Gasteiger partial charge is 0.301 e. The van der Waals surface area contributed by atoms with E-state index >= 15 is 0 Å². The molecule has 1 N–H and O–H groups in total. The molecule has 0 aliphatic rings. The maximum absolute atomic E-state index is 11.1. The fourth-order valence-electron chi connectivity index (χ4n) is 0.938. The Bertz CT molecular complexity index is 281. The lowest BCUT2D eigenvalue weighted by molar-refractivity contribution is -0.116. The van der Waals surface area contributed by atoms with Gasteiger partial charge in [0.1, 0.15) is 5.76 Å². The predicted octanol–water partition coefficient (Wildman–Crippen LogP) is 1.98. The van der Waals surface area contributed by atoms with Crippen LogP contribution in [0.2, 0.25) is 0 Å². The number of hydrogen-bond acceptors (Lipinski definition) is 3. The lowest BCUT2D eigenvalue weighted by Gasteiger charge is -1.97. The second-order valence-electron chi connectivity index (χ2n) is 2.78. The molecule has 4 nitrogen and oxygen atoms in total. The first-order chi connectivity index (χ1) is 6.26. The van der Waals surface area contributed by atoms with Crippen molar-refractivity contribution in [3.63, 3.8) is 0 Å². The first-order valence-corrected chi connectivity index (χ1v) is 4.50. The van der Waals surface area contributed by atoms with Gasteiger partial charge in [-0.3, -0.25) is 10.1 Å². The number of carbonyl (C=O) groups is 1. The van der Waals surface area contributed by atoms with Crippen LogP contribution in [0.25, 0.3) is 0 Å². The average molecular weight is 182 g/mol. The SMILES string of the molecule is CCCC(=O)Nc1ncc(CC)o1. The normalized spacial score (nSPS) is 10.0. The second-order valence-corrected chi connectivity index (χ2v) is 2.78. The van der Waals surface area contributed by atoms with Crippen LogP contribution in [-0.2, 0) is 11.2 Å². The molecule has 13 heavy (non-hydrogen) atoms. The Hall–Kier alpha value is -1.32. The molecular weight excluding hydrogens is 168 g/mol. The molecular formula is C9H14N2O2. The van der Waals surface area contributed by atoms with Gasteiger partial charge >= 0.3 is 6.01 Å². The Balaban J connectivity index is 2.49. The topological polar surface area (TPSA) is 55.1 Å². The van der Waals surface area contributed by atoms with Gasteiger partial charge in [0, 0.05) is 12.8 Å². The molecule has 0 atom stereocenters. The monoisotopic (exact) mass is 182 g/mol. The van der Waals surface area contributed by atoms with E-state index in [2.05, 4.69) is 10.3 Å². The maximum Gasteiger partial charge on any atom is 0.301 e. The van der Waals surface area contributed by atoms with Crippen molar-refractivity contribution in [2.75, 3.05) is 5.32 Å². The van der Waals surface area contributed by atoms with E-state index in [1.807, 2.05) is 13.8 Å². The standard InChI is InChI=1S/C9H14N2O2/c1-3-5-8(12)11-9-10-6-7(4-2)13-9/h6H,3-5H2,1-2H3,(H,10,11,12). The number of anilines is 1. The summed E-state index contributed by atoms with van der Waals surface area (Å²) in [6.07, 6.45) is 3.75. The van der Waals surface area contributed by atoms with E-state index in [1.54, 1.807) is 6.20 Å². The fraction of sp³-hybridized carbons (Fsp3) is 0.556. The van der Waals surface area contributed by atoms with Crippen LogP contribution in [0.4, 0.5) is 6.01 Å². The van der Waals surface area contributed by atoms with E-state index in [9.17, 15) is 4.79 Å². The molecule has 4 heteroatoms. The summed E-state index contributed by atoms with van der Waals surface area (Å²) in [5, 5.41) is 2.58. The largest absolute Gasteiger partial charge is 0.429 e. The van der Waals surface area contributed by atoms with Crippen LogP contribution in [0.1, 0.15) is 32.4 Å². The van der Waals surface area contributed by atoms with Crippen LogP contribution in [0.5, 0.6) is 0 Å². The molecule has 1 aromatic rings. The summed E-state index contributed by atoms with van der Waals surface area (Å²) < 4.78 is 5.21. The van der Waals surface area contributed by atoms with E-state index in [0.717, 1.165) is 18.6 Å². The molecule has 0 spiro atoms. The average Bonchev–Trinajstić information content (AvgIpc) is 2.52. The zero-order valence-corrected chi connectivity index (χ0v) is 7.96. The van der Waals surface area contributed by atoms with Gasteiger partial charge in [-0.2, -0.15) is 0 Å². The minimum absolute atomic E-state index is 0.0491. The highest BCUT2D eigenvalue weighted by molar-refractivity contribution is 5.88. The molecule has 0 aliphatic heterocycles. The molecule has 1 aromatic heterocycles. The zero-order chi connectivity index (χ0) is 9.68. The highest BCUT2D eigenvalue weighted by atomic mass is 16.4. The molecule has 0 unspecified atom stereocenters. The minimum atomic E-state index is -0.0491. The van der Waals surface area contributed by atoms with Crippen LogP contribution in [0, 0.1) is 0 Å². The van der Waals surface area contributed by atoms with E-state index in [1.165, 1.54) is 0 Å². The number of oxazole rings is 1. The fourth-order valence-corrected chi connectivity index (χ4v) is 0.938. The van der Waals surface area contributed by atoms with Crippen molar-refractivity contribution >= 4 is 11.9 Å². The van der Waals surface area contributed by atoms with E-state index < -0.39 is 0 Å². The summed E-state index contributed by atoms with van der Waals surface area (Å²) in [6, 6.07) is 0.301. The molecule has 1 amide bonds. The number of aromatic nitrogens is 1. The predicted molar refractivity (Wildman–Crippen MR) is 49.4 cm³/mol. The number of nitrogens with zero attached hydrogens (tertiary/aromatic N) is 1. The Labute approximate surface area is 77.3 Å². The second kappa shape index (κ2) is 4.64. The molecule has 72 valence electrons. The van der Waals surface area contributed by atoms with Crippen LogP contribution >= 0.6 is 0 Å². The van der Waals surface area contributed by atoms with Gasteiger partial charge < -0.3 is 4.42 Å². The molecule has 1 heterocycles. The Morgan fingerprint density at radius 1 is 1.62 bits per heavy atom. The molecule has 0 aliphatic carbocycles. The molecule has 0 aromatic carbocycles. The first kappa shape index (κ1) is 9.77. The third-order valence-electron chi connectivity index (χ3n) is 1.63. The van der Waals surface area contributed by atoms with Gasteiger partial charge in [0.15, 0.2) is 0 Å². The van der Waals surface area contributed by atoms with Gasteiger partial charge in [-0.05, 0) is 6.42 Å². The van der Waals surface area contributed by atoms with Crippen molar-refractivity contribution in [1.29, 1.82) is 0 Å². The van der Waals surface area contributed by atoms with Gasteiger partial charge in [0.05, 0.1) is 6.20 Å². The minimum Gasteiger partial charge on any atom is -0.429 e. The van der Waals surface area contributed by atoms with Crippen molar-refractivity contribution in [2.45, 2.75) is 33.1 Å².